The van der Waals surface area contributed by atoms with Crippen LogP contribution in [-0.2, 0) is 11.3 Å². The molecular formula is C18H15N3O4. The number of aromatic nitrogens is 2. The minimum absolute atomic E-state index is 0.161. The van der Waals surface area contributed by atoms with E-state index in [0.29, 0.717) is 28.6 Å². The Kier molecular flexibility index (Phi) is 4.04. The quantitative estimate of drug-likeness (QED) is 0.785. The number of benzene rings is 1. The van der Waals surface area contributed by atoms with Gasteiger partial charge in [0, 0.05) is 12.4 Å². The molecule has 1 aliphatic heterocycles. The SMILES string of the molecule is O=C(NCc1nccnc1-c1ccco1)[C@@H]1COc2ccccc2O1. The maximum atomic E-state index is 12.4. The first-order valence-corrected chi connectivity index (χ1v) is 7.81. The van der Waals surface area contributed by atoms with Gasteiger partial charge in [-0.25, -0.2) is 4.98 Å². The monoisotopic (exact) mass is 337 g/mol. The molecule has 1 amide bonds. The van der Waals surface area contributed by atoms with Crippen LogP contribution in [0.15, 0.2) is 59.5 Å². The fraction of sp³-hybridized carbons (Fsp3) is 0.167. The van der Waals surface area contributed by atoms with Gasteiger partial charge in [0.05, 0.1) is 18.5 Å². The van der Waals surface area contributed by atoms with E-state index in [-0.39, 0.29) is 19.1 Å². The fourth-order valence-corrected chi connectivity index (χ4v) is 2.55. The lowest BCUT2D eigenvalue weighted by atomic mass is 10.2. The molecule has 0 saturated carbocycles. The van der Waals surface area contributed by atoms with E-state index in [1.807, 2.05) is 12.1 Å². The van der Waals surface area contributed by atoms with Crippen molar-refractivity contribution in [2.24, 2.45) is 0 Å². The van der Waals surface area contributed by atoms with Gasteiger partial charge in [-0.2, -0.15) is 0 Å². The first-order valence-electron chi connectivity index (χ1n) is 7.81. The molecule has 0 radical (unpaired) electrons. The molecular weight excluding hydrogens is 322 g/mol. The van der Waals surface area contributed by atoms with Crippen molar-refractivity contribution < 1.29 is 18.7 Å². The van der Waals surface area contributed by atoms with E-state index in [1.54, 1.807) is 42.9 Å². The van der Waals surface area contributed by atoms with Crippen LogP contribution in [-0.4, -0.2) is 28.6 Å². The highest BCUT2D eigenvalue weighted by Gasteiger charge is 2.27. The van der Waals surface area contributed by atoms with Gasteiger partial charge >= 0.3 is 0 Å². The number of nitrogens with zero attached hydrogens (tertiary/aromatic N) is 2. The fourth-order valence-electron chi connectivity index (χ4n) is 2.55. The summed E-state index contributed by atoms with van der Waals surface area (Å²) in [6.07, 6.45) is 4.01. The number of amides is 1. The Bertz CT molecular complexity index is 880. The van der Waals surface area contributed by atoms with Crippen LogP contribution in [0.25, 0.3) is 11.5 Å². The van der Waals surface area contributed by atoms with Crippen molar-refractivity contribution in [2.75, 3.05) is 6.61 Å². The molecule has 1 aliphatic rings. The highest BCUT2D eigenvalue weighted by atomic mass is 16.6. The summed E-state index contributed by atoms with van der Waals surface area (Å²) in [6.45, 7) is 0.374. The molecule has 4 rings (SSSR count). The lowest BCUT2D eigenvalue weighted by Crippen LogP contribution is -2.43. The minimum atomic E-state index is -0.710. The Morgan fingerprint density at radius 2 is 1.96 bits per heavy atom. The van der Waals surface area contributed by atoms with E-state index in [0.717, 1.165) is 0 Å². The third kappa shape index (κ3) is 3.16. The maximum Gasteiger partial charge on any atom is 0.265 e. The normalized spacial score (nSPS) is 15.6. The van der Waals surface area contributed by atoms with Crippen molar-refractivity contribution in [1.82, 2.24) is 15.3 Å². The molecule has 0 fully saturated rings. The second kappa shape index (κ2) is 6.64. The predicted molar refractivity (Wildman–Crippen MR) is 87.9 cm³/mol. The Morgan fingerprint density at radius 3 is 2.80 bits per heavy atom. The topological polar surface area (TPSA) is 86.5 Å². The van der Waals surface area contributed by atoms with Crippen molar-refractivity contribution >= 4 is 5.91 Å². The number of hydrogen-bond acceptors (Lipinski definition) is 6. The molecule has 7 nitrogen and oxygen atoms in total. The number of carbonyl (C=O) groups excluding carboxylic acids is 1. The van der Waals surface area contributed by atoms with Gasteiger partial charge in [0.1, 0.15) is 12.3 Å². The van der Waals surface area contributed by atoms with E-state index >= 15 is 0 Å². The lowest BCUT2D eigenvalue weighted by molar-refractivity contribution is -0.130. The van der Waals surface area contributed by atoms with Gasteiger partial charge in [0.25, 0.3) is 5.91 Å². The van der Waals surface area contributed by atoms with Gasteiger partial charge in [0.2, 0.25) is 6.10 Å². The second-order valence-electron chi connectivity index (χ2n) is 5.41. The summed E-state index contributed by atoms with van der Waals surface area (Å²) in [6, 6.07) is 10.8. The number of ether oxygens (including phenoxy) is 2. The molecule has 0 aliphatic carbocycles. The smallest absolute Gasteiger partial charge is 0.265 e. The van der Waals surface area contributed by atoms with E-state index in [2.05, 4.69) is 15.3 Å². The number of para-hydroxylation sites is 2. The molecule has 0 bridgehead atoms. The molecule has 3 aromatic rings. The van der Waals surface area contributed by atoms with Crippen molar-refractivity contribution in [3.63, 3.8) is 0 Å². The van der Waals surface area contributed by atoms with Crippen LogP contribution in [0, 0.1) is 0 Å². The van der Waals surface area contributed by atoms with Crippen molar-refractivity contribution in [2.45, 2.75) is 12.6 Å². The van der Waals surface area contributed by atoms with Crippen molar-refractivity contribution in [3.8, 4) is 23.0 Å². The molecule has 0 unspecified atom stereocenters. The third-order valence-corrected chi connectivity index (χ3v) is 3.76. The summed E-state index contributed by atoms with van der Waals surface area (Å²) in [5.41, 5.74) is 1.21. The standard InChI is InChI=1S/C18H15N3O4/c22-18(16-11-24-13-4-1-2-5-14(13)25-16)21-10-12-17(20-8-7-19-12)15-6-3-9-23-15/h1-9,16H,10-11H2,(H,21,22)/t16-/m0/s1. The summed E-state index contributed by atoms with van der Waals surface area (Å²) < 4.78 is 16.6. The summed E-state index contributed by atoms with van der Waals surface area (Å²) in [5, 5.41) is 2.81. The molecule has 1 atom stereocenters. The third-order valence-electron chi connectivity index (χ3n) is 3.76. The molecule has 2 aromatic heterocycles. The highest BCUT2D eigenvalue weighted by Crippen LogP contribution is 2.30. The molecule has 0 saturated heterocycles. The summed E-state index contributed by atoms with van der Waals surface area (Å²) >= 11 is 0. The van der Waals surface area contributed by atoms with Gasteiger partial charge in [-0.1, -0.05) is 12.1 Å². The van der Waals surface area contributed by atoms with Gasteiger partial charge < -0.3 is 19.2 Å². The zero-order valence-electron chi connectivity index (χ0n) is 13.2. The number of hydrogen-bond donors (Lipinski definition) is 1. The molecule has 126 valence electrons. The van der Waals surface area contributed by atoms with E-state index in [9.17, 15) is 4.79 Å². The number of nitrogens with one attached hydrogen (secondary N) is 1. The number of rotatable bonds is 4. The predicted octanol–water partition coefficient (Wildman–Crippen LogP) is 2.19. The first kappa shape index (κ1) is 15.2. The number of furan rings is 1. The summed E-state index contributed by atoms with van der Waals surface area (Å²) in [5.74, 6) is 1.53. The van der Waals surface area contributed by atoms with Crippen molar-refractivity contribution in [3.05, 3.63) is 60.7 Å². The van der Waals surface area contributed by atoms with Crippen molar-refractivity contribution in [1.29, 1.82) is 0 Å². The minimum Gasteiger partial charge on any atom is -0.485 e. The maximum absolute atomic E-state index is 12.4. The molecule has 25 heavy (non-hydrogen) atoms. The Balaban J connectivity index is 1.44. The largest absolute Gasteiger partial charge is 0.485 e. The van der Waals surface area contributed by atoms with E-state index in [1.165, 1.54) is 0 Å². The van der Waals surface area contributed by atoms with E-state index in [4.69, 9.17) is 13.9 Å². The summed E-state index contributed by atoms with van der Waals surface area (Å²) in [4.78, 5) is 20.9. The highest BCUT2D eigenvalue weighted by molar-refractivity contribution is 5.81. The number of carbonyl (C=O) groups is 1. The Hall–Kier alpha value is -3.35. The van der Waals surface area contributed by atoms with Gasteiger partial charge in [0.15, 0.2) is 17.3 Å². The zero-order valence-corrected chi connectivity index (χ0v) is 13.2. The van der Waals surface area contributed by atoms with Crippen LogP contribution < -0.4 is 14.8 Å². The van der Waals surface area contributed by atoms with Gasteiger partial charge in [-0.05, 0) is 24.3 Å². The zero-order chi connectivity index (χ0) is 17.1. The Morgan fingerprint density at radius 1 is 1.12 bits per heavy atom. The molecule has 3 heterocycles. The first-order chi connectivity index (χ1) is 12.3. The summed E-state index contributed by atoms with van der Waals surface area (Å²) in [7, 11) is 0. The average Bonchev–Trinajstić information content (AvgIpc) is 3.20. The molecule has 7 heteroatoms. The van der Waals surface area contributed by atoms with Crippen LogP contribution in [0.1, 0.15) is 5.69 Å². The molecule has 1 N–H and O–H groups in total. The Labute approximate surface area is 143 Å². The van der Waals surface area contributed by atoms with Crippen LogP contribution in [0.5, 0.6) is 11.5 Å². The number of fused-ring (bicyclic) bond motifs is 1. The average molecular weight is 337 g/mol. The second-order valence-corrected chi connectivity index (χ2v) is 5.41. The van der Waals surface area contributed by atoms with Crippen LogP contribution in [0.2, 0.25) is 0 Å². The molecule has 1 aromatic carbocycles. The van der Waals surface area contributed by atoms with Gasteiger partial charge in [-0.15, -0.1) is 0 Å². The van der Waals surface area contributed by atoms with Gasteiger partial charge in [-0.3, -0.25) is 9.78 Å². The van der Waals surface area contributed by atoms with Crippen LogP contribution in [0.3, 0.4) is 0 Å². The molecule has 0 spiro atoms. The van der Waals surface area contributed by atoms with Crippen LogP contribution >= 0.6 is 0 Å². The van der Waals surface area contributed by atoms with Crippen LogP contribution in [0.4, 0.5) is 0 Å². The lowest BCUT2D eigenvalue weighted by Gasteiger charge is -2.25. The van der Waals surface area contributed by atoms with E-state index < -0.39 is 6.10 Å².